The second-order valence-electron chi connectivity index (χ2n) is 4.17. The predicted molar refractivity (Wildman–Crippen MR) is 62.3 cm³/mol. The van der Waals surface area contributed by atoms with Crippen molar-refractivity contribution < 1.29 is 4.79 Å². The highest BCUT2D eigenvalue weighted by atomic mass is 16.1. The maximum atomic E-state index is 11.2. The van der Waals surface area contributed by atoms with Crippen LogP contribution in [0.4, 0.5) is 11.4 Å². The topological polar surface area (TPSA) is 46.3 Å². The van der Waals surface area contributed by atoms with Crippen LogP contribution < -0.4 is 10.6 Å². The van der Waals surface area contributed by atoms with E-state index in [2.05, 4.69) is 11.9 Å². The Hall–Kier alpha value is -1.51. The van der Waals surface area contributed by atoms with Gasteiger partial charge in [0.05, 0.1) is 0 Å². The van der Waals surface area contributed by atoms with E-state index >= 15 is 0 Å². The van der Waals surface area contributed by atoms with Crippen LogP contribution in [0.1, 0.15) is 30.1 Å². The molecule has 1 fully saturated rings. The normalized spacial score (nSPS) is 15.1. The van der Waals surface area contributed by atoms with Crippen LogP contribution in [0, 0.1) is 0 Å². The largest absolute Gasteiger partial charge is 0.398 e. The van der Waals surface area contributed by atoms with Crippen LogP contribution in [0.15, 0.2) is 18.2 Å². The number of benzene rings is 1. The van der Waals surface area contributed by atoms with E-state index in [1.165, 1.54) is 19.8 Å². The molecule has 1 saturated carbocycles. The standard InChI is InChI=1S/C12H16N2O/c1-8(15)11-6-5-10(7-12(11)13)14(2)9-3-4-9/h5-7,9H,3-4,13H2,1-2H3. The molecule has 0 aliphatic heterocycles. The molecule has 1 aromatic carbocycles. The average Bonchev–Trinajstić information content (AvgIpc) is 2.99. The van der Waals surface area contributed by atoms with Gasteiger partial charge in [-0.2, -0.15) is 0 Å². The van der Waals surface area contributed by atoms with Crippen molar-refractivity contribution in [3.63, 3.8) is 0 Å². The summed E-state index contributed by atoms with van der Waals surface area (Å²) in [7, 11) is 2.07. The molecule has 1 aromatic rings. The Balaban J connectivity index is 2.28. The first kappa shape index (κ1) is 10.0. The van der Waals surface area contributed by atoms with Crippen molar-refractivity contribution in [1.82, 2.24) is 0 Å². The molecule has 0 spiro atoms. The zero-order valence-corrected chi connectivity index (χ0v) is 9.16. The van der Waals surface area contributed by atoms with Crippen LogP contribution in [-0.2, 0) is 0 Å². The molecule has 2 N–H and O–H groups in total. The third-order valence-electron chi connectivity index (χ3n) is 2.92. The molecule has 2 rings (SSSR count). The number of anilines is 2. The van der Waals surface area contributed by atoms with Gasteiger partial charge in [-0.3, -0.25) is 4.79 Å². The van der Waals surface area contributed by atoms with Crippen molar-refractivity contribution in [3.05, 3.63) is 23.8 Å². The SMILES string of the molecule is CC(=O)c1ccc(N(C)C2CC2)cc1N. The molecule has 0 bridgehead atoms. The molecule has 0 unspecified atom stereocenters. The lowest BCUT2D eigenvalue weighted by Crippen LogP contribution is -2.19. The summed E-state index contributed by atoms with van der Waals surface area (Å²) in [5, 5.41) is 0. The number of hydrogen-bond acceptors (Lipinski definition) is 3. The molecule has 3 nitrogen and oxygen atoms in total. The number of ketones is 1. The van der Waals surface area contributed by atoms with Crippen LogP contribution in [0.2, 0.25) is 0 Å². The van der Waals surface area contributed by atoms with Gasteiger partial charge in [-0.1, -0.05) is 0 Å². The fraction of sp³-hybridized carbons (Fsp3) is 0.417. The van der Waals surface area contributed by atoms with Crippen molar-refractivity contribution in [2.75, 3.05) is 17.7 Å². The van der Waals surface area contributed by atoms with Gasteiger partial charge in [0.2, 0.25) is 0 Å². The number of carbonyl (C=O) groups excluding carboxylic acids is 1. The van der Waals surface area contributed by atoms with Gasteiger partial charge in [0.1, 0.15) is 0 Å². The lowest BCUT2D eigenvalue weighted by molar-refractivity contribution is 0.101. The fourth-order valence-corrected chi connectivity index (χ4v) is 1.76. The van der Waals surface area contributed by atoms with E-state index in [-0.39, 0.29) is 5.78 Å². The Kier molecular flexibility index (Phi) is 2.39. The Morgan fingerprint density at radius 2 is 2.13 bits per heavy atom. The lowest BCUT2D eigenvalue weighted by Gasteiger charge is -2.19. The van der Waals surface area contributed by atoms with Gasteiger partial charge in [0.15, 0.2) is 5.78 Å². The van der Waals surface area contributed by atoms with Crippen LogP contribution in [0.3, 0.4) is 0 Å². The molecule has 0 saturated heterocycles. The third-order valence-corrected chi connectivity index (χ3v) is 2.92. The third kappa shape index (κ3) is 1.96. The number of carbonyl (C=O) groups is 1. The quantitative estimate of drug-likeness (QED) is 0.605. The molecule has 3 heteroatoms. The number of nitrogen functional groups attached to an aromatic ring is 1. The smallest absolute Gasteiger partial charge is 0.161 e. The first-order chi connectivity index (χ1) is 7.09. The van der Waals surface area contributed by atoms with Gasteiger partial charge in [-0.25, -0.2) is 0 Å². The predicted octanol–water partition coefficient (Wildman–Crippen LogP) is 2.07. The van der Waals surface area contributed by atoms with E-state index in [1.807, 2.05) is 18.2 Å². The van der Waals surface area contributed by atoms with E-state index in [4.69, 9.17) is 5.73 Å². The number of hydrogen-bond donors (Lipinski definition) is 1. The number of nitrogens with zero attached hydrogens (tertiary/aromatic N) is 1. The highest BCUT2D eigenvalue weighted by Gasteiger charge is 2.26. The summed E-state index contributed by atoms with van der Waals surface area (Å²) < 4.78 is 0. The number of rotatable bonds is 3. The molecule has 15 heavy (non-hydrogen) atoms. The molecule has 1 aliphatic rings. The summed E-state index contributed by atoms with van der Waals surface area (Å²) in [5.74, 6) is 0.0214. The molecule has 80 valence electrons. The van der Waals surface area contributed by atoms with Gasteiger partial charge in [0, 0.05) is 30.0 Å². The fourth-order valence-electron chi connectivity index (χ4n) is 1.76. The maximum absolute atomic E-state index is 11.2. The van der Waals surface area contributed by atoms with Crippen molar-refractivity contribution >= 4 is 17.2 Å². The number of Topliss-reactive ketones (excluding diaryl/α,β-unsaturated/α-hetero) is 1. The molecule has 0 heterocycles. The van der Waals surface area contributed by atoms with E-state index in [9.17, 15) is 4.79 Å². The van der Waals surface area contributed by atoms with Crippen LogP contribution in [-0.4, -0.2) is 18.9 Å². The highest BCUT2D eigenvalue weighted by molar-refractivity contribution is 5.99. The molecule has 1 aliphatic carbocycles. The minimum atomic E-state index is 0.0214. The minimum Gasteiger partial charge on any atom is -0.398 e. The summed E-state index contributed by atoms with van der Waals surface area (Å²) >= 11 is 0. The Morgan fingerprint density at radius 1 is 1.47 bits per heavy atom. The molecule has 0 radical (unpaired) electrons. The average molecular weight is 204 g/mol. The summed E-state index contributed by atoms with van der Waals surface area (Å²) in [6.45, 7) is 1.54. The van der Waals surface area contributed by atoms with Crippen molar-refractivity contribution in [2.45, 2.75) is 25.8 Å². The maximum Gasteiger partial charge on any atom is 0.161 e. The van der Waals surface area contributed by atoms with Crippen LogP contribution >= 0.6 is 0 Å². The zero-order chi connectivity index (χ0) is 11.0. The minimum absolute atomic E-state index is 0.0214. The molecular formula is C12H16N2O. The van der Waals surface area contributed by atoms with Crippen molar-refractivity contribution in [3.8, 4) is 0 Å². The Morgan fingerprint density at radius 3 is 2.60 bits per heavy atom. The zero-order valence-electron chi connectivity index (χ0n) is 9.16. The van der Waals surface area contributed by atoms with Gasteiger partial charge in [0.25, 0.3) is 0 Å². The van der Waals surface area contributed by atoms with Crippen molar-refractivity contribution in [1.29, 1.82) is 0 Å². The van der Waals surface area contributed by atoms with Crippen LogP contribution in [0.25, 0.3) is 0 Å². The van der Waals surface area contributed by atoms with E-state index in [0.717, 1.165) is 5.69 Å². The Bertz CT molecular complexity index is 397. The van der Waals surface area contributed by atoms with Gasteiger partial charge in [-0.05, 0) is 38.0 Å². The van der Waals surface area contributed by atoms with Gasteiger partial charge >= 0.3 is 0 Å². The summed E-state index contributed by atoms with van der Waals surface area (Å²) in [4.78, 5) is 13.4. The Labute approximate surface area is 89.9 Å². The van der Waals surface area contributed by atoms with Crippen molar-refractivity contribution in [2.24, 2.45) is 0 Å². The summed E-state index contributed by atoms with van der Waals surface area (Å²) in [5.41, 5.74) is 8.12. The molecule has 0 aromatic heterocycles. The summed E-state index contributed by atoms with van der Waals surface area (Å²) in [6, 6.07) is 6.32. The second-order valence-corrected chi connectivity index (χ2v) is 4.17. The lowest BCUT2D eigenvalue weighted by atomic mass is 10.1. The van der Waals surface area contributed by atoms with E-state index in [1.54, 1.807) is 0 Å². The molecular weight excluding hydrogens is 188 g/mol. The monoisotopic (exact) mass is 204 g/mol. The van der Waals surface area contributed by atoms with Gasteiger partial charge in [-0.15, -0.1) is 0 Å². The van der Waals surface area contributed by atoms with E-state index < -0.39 is 0 Å². The van der Waals surface area contributed by atoms with Gasteiger partial charge < -0.3 is 10.6 Å². The number of nitrogens with two attached hydrogens (primary N) is 1. The molecule has 0 atom stereocenters. The highest BCUT2D eigenvalue weighted by Crippen LogP contribution is 2.31. The first-order valence-electron chi connectivity index (χ1n) is 5.23. The second kappa shape index (κ2) is 3.57. The summed E-state index contributed by atoms with van der Waals surface area (Å²) in [6.07, 6.45) is 2.51. The van der Waals surface area contributed by atoms with E-state index in [0.29, 0.717) is 17.3 Å². The van der Waals surface area contributed by atoms with Crippen LogP contribution in [0.5, 0.6) is 0 Å². The molecule has 0 amide bonds. The first-order valence-corrected chi connectivity index (χ1v) is 5.23.